The number of hydrogen-bond acceptors (Lipinski definition) is 7. The molecule has 0 radical (unpaired) electrons. The first-order valence-electron chi connectivity index (χ1n) is 13.6. The van der Waals surface area contributed by atoms with Gasteiger partial charge in [-0.25, -0.2) is 9.97 Å². The van der Waals surface area contributed by atoms with Gasteiger partial charge in [-0.2, -0.15) is 0 Å². The molecular formula is C28H34F3N5O4. The number of benzene rings is 1. The Morgan fingerprint density at radius 1 is 1.20 bits per heavy atom. The maximum absolute atomic E-state index is 13.8. The van der Waals surface area contributed by atoms with Crippen LogP contribution in [0.1, 0.15) is 66.7 Å². The van der Waals surface area contributed by atoms with Crippen LogP contribution in [0, 0.1) is 12.8 Å². The van der Waals surface area contributed by atoms with Crippen LogP contribution in [0.5, 0.6) is 5.75 Å². The number of nitrogens with one attached hydrogen (secondary N) is 2. The number of aliphatic hydroxyl groups is 1. The van der Waals surface area contributed by atoms with Crippen LogP contribution < -0.4 is 15.4 Å². The largest absolute Gasteiger partial charge is 0.573 e. The minimum atomic E-state index is -4.81. The van der Waals surface area contributed by atoms with E-state index in [9.17, 15) is 27.9 Å². The van der Waals surface area contributed by atoms with Crippen molar-refractivity contribution in [2.45, 2.75) is 69.8 Å². The maximum atomic E-state index is 13.8. The molecule has 0 unspecified atom stereocenters. The van der Waals surface area contributed by atoms with Crippen LogP contribution in [-0.4, -0.2) is 76.0 Å². The Labute approximate surface area is 230 Å². The molecule has 0 bridgehead atoms. The lowest BCUT2D eigenvalue weighted by atomic mass is 9.76. The van der Waals surface area contributed by atoms with Crippen molar-refractivity contribution in [3.05, 3.63) is 41.2 Å². The van der Waals surface area contributed by atoms with Crippen molar-refractivity contribution >= 4 is 11.8 Å². The van der Waals surface area contributed by atoms with Crippen LogP contribution >= 0.6 is 0 Å². The minimum Gasteiger partial charge on any atom is -0.406 e. The van der Waals surface area contributed by atoms with E-state index in [1.807, 2.05) is 0 Å². The van der Waals surface area contributed by atoms with Gasteiger partial charge in [0.2, 0.25) is 5.91 Å². The number of alkyl halides is 3. The Hall–Kier alpha value is -3.25. The predicted octanol–water partition coefficient (Wildman–Crippen LogP) is 3.31. The summed E-state index contributed by atoms with van der Waals surface area (Å²) in [5.41, 5.74) is 1.51. The van der Waals surface area contributed by atoms with Gasteiger partial charge in [-0.15, -0.1) is 13.2 Å². The predicted molar refractivity (Wildman–Crippen MR) is 140 cm³/mol. The molecule has 3 fully saturated rings. The van der Waals surface area contributed by atoms with Gasteiger partial charge >= 0.3 is 6.36 Å². The summed E-state index contributed by atoms with van der Waals surface area (Å²) in [6.07, 6.45) is -1.00. The maximum Gasteiger partial charge on any atom is 0.573 e. The van der Waals surface area contributed by atoms with E-state index in [0.717, 1.165) is 12.8 Å². The highest BCUT2D eigenvalue weighted by Crippen LogP contribution is 2.43. The van der Waals surface area contributed by atoms with Crippen molar-refractivity contribution < 1.29 is 32.6 Å². The van der Waals surface area contributed by atoms with Gasteiger partial charge in [0.05, 0.1) is 29.1 Å². The molecule has 12 heteroatoms. The number of piperidine rings is 1. The summed E-state index contributed by atoms with van der Waals surface area (Å²) in [4.78, 5) is 36.8. The molecule has 0 spiro atoms. The fourth-order valence-electron chi connectivity index (χ4n) is 6.16. The Balaban J connectivity index is 1.35. The molecule has 216 valence electrons. The average Bonchev–Trinajstić information content (AvgIpc) is 3.67. The lowest BCUT2D eigenvalue weighted by Gasteiger charge is -2.43. The number of ether oxygens (including phenoxy) is 1. The Bertz CT molecular complexity index is 1280. The number of aromatic nitrogens is 2. The summed E-state index contributed by atoms with van der Waals surface area (Å²) in [6, 6.07) is 5.45. The van der Waals surface area contributed by atoms with Gasteiger partial charge in [-0.3, -0.25) is 9.59 Å². The highest BCUT2D eigenvalue weighted by Gasteiger charge is 2.47. The third-order valence-electron chi connectivity index (χ3n) is 8.15. The minimum absolute atomic E-state index is 0.00245. The summed E-state index contributed by atoms with van der Waals surface area (Å²) in [5.74, 6) is -0.108. The van der Waals surface area contributed by atoms with Crippen LogP contribution in [0.25, 0.3) is 11.4 Å². The first-order chi connectivity index (χ1) is 19.0. The summed E-state index contributed by atoms with van der Waals surface area (Å²) in [5, 5.41) is 16.1. The molecule has 2 atom stereocenters. The third kappa shape index (κ3) is 6.07. The van der Waals surface area contributed by atoms with Crippen LogP contribution in [0.4, 0.5) is 13.2 Å². The lowest BCUT2D eigenvalue weighted by molar-refractivity contribution is -0.274. The van der Waals surface area contributed by atoms with Gasteiger partial charge in [0.25, 0.3) is 5.91 Å². The SMILES string of the molecule is CC(=O)N[C@]1(C2CCN(C(=O)c3c(C)nc(-c4cccc(OC(F)(F)F)c4)nc3C3CC3)CC2)CN[C@H](CO)C1. The normalized spacial score (nSPS) is 23.8. The Kier molecular flexibility index (Phi) is 7.75. The second-order valence-electron chi connectivity index (χ2n) is 11.1. The van der Waals surface area contributed by atoms with Crippen LogP contribution in [-0.2, 0) is 4.79 Å². The number of halogens is 3. The van der Waals surface area contributed by atoms with Gasteiger partial charge in [0, 0.05) is 44.1 Å². The van der Waals surface area contributed by atoms with E-state index in [-0.39, 0.29) is 47.9 Å². The summed E-state index contributed by atoms with van der Waals surface area (Å²) >= 11 is 0. The summed E-state index contributed by atoms with van der Waals surface area (Å²) in [6.45, 7) is 4.83. The monoisotopic (exact) mass is 561 g/mol. The molecule has 1 saturated carbocycles. The number of carbonyl (C=O) groups excluding carboxylic acids is 2. The number of nitrogens with zero attached hydrogens (tertiary/aromatic N) is 3. The number of carbonyl (C=O) groups is 2. The highest BCUT2D eigenvalue weighted by molar-refractivity contribution is 5.97. The Morgan fingerprint density at radius 3 is 2.52 bits per heavy atom. The number of likely N-dealkylation sites (tertiary alicyclic amines) is 1. The van der Waals surface area contributed by atoms with Crippen molar-refractivity contribution in [2.24, 2.45) is 5.92 Å². The molecular weight excluding hydrogens is 527 g/mol. The van der Waals surface area contributed by atoms with E-state index < -0.39 is 11.9 Å². The van der Waals surface area contributed by atoms with E-state index in [1.54, 1.807) is 17.9 Å². The van der Waals surface area contributed by atoms with E-state index in [2.05, 4.69) is 25.3 Å². The lowest BCUT2D eigenvalue weighted by Crippen LogP contribution is -2.57. The molecule has 1 aromatic heterocycles. The van der Waals surface area contributed by atoms with Gasteiger partial charge in [-0.05, 0) is 57.1 Å². The molecule has 2 saturated heterocycles. The second-order valence-corrected chi connectivity index (χ2v) is 11.1. The number of aliphatic hydroxyl groups excluding tert-OH is 1. The average molecular weight is 562 g/mol. The first kappa shape index (κ1) is 28.3. The van der Waals surface area contributed by atoms with Gasteiger partial charge in [-0.1, -0.05) is 12.1 Å². The third-order valence-corrected chi connectivity index (χ3v) is 8.15. The van der Waals surface area contributed by atoms with Gasteiger partial charge in [0.1, 0.15) is 5.75 Å². The summed E-state index contributed by atoms with van der Waals surface area (Å²) < 4.78 is 42.2. The van der Waals surface area contributed by atoms with Gasteiger partial charge in [0.15, 0.2) is 5.82 Å². The fraction of sp³-hybridized carbons (Fsp3) is 0.571. The smallest absolute Gasteiger partial charge is 0.406 e. The number of rotatable bonds is 7. The van der Waals surface area contributed by atoms with E-state index in [4.69, 9.17) is 0 Å². The standard InChI is InChI=1S/C28H34F3N5O4/c1-16-23(24(18-6-7-18)34-25(33-16)19-4-3-5-22(12-19)40-28(29,30)31)26(39)36-10-8-20(9-11-36)27(35-17(2)38)13-21(14-37)32-15-27/h3-5,12,18,20-21,32,37H,6-11,13-15H2,1-2H3,(H,35,38)/t21-,27-/m0/s1. The number of aryl methyl sites for hydroxylation is 1. The topological polar surface area (TPSA) is 117 Å². The van der Waals surface area contributed by atoms with Crippen molar-refractivity contribution in [2.75, 3.05) is 26.2 Å². The van der Waals surface area contributed by atoms with E-state index in [1.165, 1.54) is 25.1 Å². The van der Waals surface area contributed by atoms with Gasteiger partial charge < -0.3 is 25.4 Å². The highest BCUT2D eigenvalue weighted by atomic mass is 19.4. The zero-order chi connectivity index (χ0) is 28.7. The molecule has 1 aromatic carbocycles. The molecule has 5 rings (SSSR count). The zero-order valence-corrected chi connectivity index (χ0v) is 22.6. The fourth-order valence-corrected chi connectivity index (χ4v) is 6.16. The summed E-state index contributed by atoms with van der Waals surface area (Å²) in [7, 11) is 0. The second kappa shape index (κ2) is 11.0. The van der Waals surface area contributed by atoms with Crippen molar-refractivity contribution in [1.82, 2.24) is 25.5 Å². The molecule has 2 amide bonds. The van der Waals surface area contributed by atoms with Crippen LogP contribution in [0.3, 0.4) is 0 Å². The molecule has 2 aromatic rings. The van der Waals surface area contributed by atoms with Crippen molar-refractivity contribution in [3.8, 4) is 17.1 Å². The van der Waals surface area contributed by atoms with Crippen LogP contribution in [0.2, 0.25) is 0 Å². The molecule has 3 heterocycles. The van der Waals surface area contributed by atoms with Crippen LogP contribution in [0.15, 0.2) is 24.3 Å². The number of amides is 2. The van der Waals surface area contributed by atoms with Crippen molar-refractivity contribution in [1.29, 1.82) is 0 Å². The Morgan fingerprint density at radius 2 is 1.93 bits per heavy atom. The quantitative estimate of drug-likeness (QED) is 0.475. The molecule has 1 aliphatic carbocycles. The first-order valence-corrected chi connectivity index (χ1v) is 13.6. The molecule has 2 aliphatic heterocycles. The zero-order valence-electron chi connectivity index (χ0n) is 22.6. The number of hydrogen-bond donors (Lipinski definition) is 3. The molecule has 9 nitrogen and oxygen atoms in total. The molecule has 3 aliphatic rings. The van der Waals surface area contributed by atoms with Crippen molar-refractivity contribution in [3.63, 3.8) is 0 Å². The molecule has 3 N–H and O–H groups in total. The van der Waals surface area contributed by atoms with E-state index in [0.29, 0.717) is 61.4 Å². The van der Waals surface area contributed by atoms with E-state index >= 15 is 0 Å². The molecule has 40 heavy (non-hydrogen) atoms.